The molecule has 0 atom stereocenters. The lowest BCUT2D eigenvalue weighted by Gasteiger charge is -2.16. The first kappa shape index (κ1) is 20.0. The third-order valence-corrected chi connectivity index (χ3v) is 5.28. The highest BCUT2D eigenvalue weighted by molar-refractivity contribution is 9.11. The van der Waals surface area contributed by atoms with Gasteiger partial charge in [0.25, 0.3) is 11.1 Å². The average molecular weight is 493 g/mol. The molecule has 1 aromatic rings. The van der Waals surface area contributed by atoms with Crippen LogP contribution in [-0.4, -0.2) is 41.8 Å². The predicted molar refractivity (Wildman–Crippen MR) is 102 cm³/mol. The lowest BCUT2D eigenvalue weighted by molar-refractivity contribution is -0.143. The molecule has 6 nitrogen and oxygen atoms in total. The van der Waals surface area contributed by atoms with Gasteiger partial charge in [-0.05, 0) is 81.2 Å². The number of imide groups is 1. The number of hydrogen-bond acceptors (Lipinski definition) is 6. The van der Waals surface area contributed by atoms with Crippen molar-refractivity contribution in [1.29, 1.82) is 0 Å². The smallest absolute Gasteiger partial charge is 0.343 e. The van der Waals surface area contributed by atoms with Crippen molar-refractivity contribution >= 4 is 66.8 Å². The van der Waals surface area contributed by atoms with Crippen molar-refractivity contribution in [3.05, 3.63) is 31.5 Å². The second-order valence-electron chi connectivity index (χ2n) is 5.32. The molecule has 1 heterocycles. The number of esters is 1. The van der Waals surface area contributed by atoms with Crippen LogP contribution in [0, 0.1) is 0 Å². The van der Waals surface area contributed by atoms with Crippen LogP contribution in [0.5, 0.6) is 5.75 Å². The minimum Gasteiger partial charge on any atom is -0.480 e. The zero-order valence-electron chi connectivity index (χ0n) is 13.7. The molecule has 1 aliphatic rings. The molecule has 0 spiro atoms. The van der Waals surface area contributed by atoms with Crippen LogP contribution in [-0.2, 0) is 14.3 Å². The number of thioether (sulfide) groups is 1. The summed E-state index contributed by atoms with van der Waals surface area (Å²) >= 11 is 7.67. The van der Waals surface area contributed by atoms with Crippen molar-refractivity contribution in [3.63, 3.8) is 0 Å². The van der Waals surface area contributed by atoms with E-state index >= 15 is 0 Å². The third kappa shape index (κ3) is 4.65. The average Bonchev–Trinajstić information content (AvgIpc) is 2.80. The molecule has 25 heavy (non-hydrogen) atoms. The number of halogens is 2. The molecule has 1 aliphatic heterocycles. The fourth-order valence-corrected chi connectivity index (χ4v) is 4.48. The molecule has 2 amide bonds. The van der Waals surface area contributed by atoms with Gasteiger partial charge in [0.05, 0.1) is 21.0 Å². The number of nitrogens with zero attached hydrogens (tertiary/aromatic N) is 1. The van der Waals surface area contributed by atoms with Crippen LogP contribution in [0.4, 0.5) is 4.79 Å². The van der Waals surface area contributed by atoms with E-state index in [1.807, 2.05) is 0 Å². The van der Waals surface area contributed by atoms with Crippen LogP contribution in [0.1, 0.15) is 19.4 Å². The largest absolute Gasteiger partial charge is 0.480 e. The zero-order chi connectivity index (χ0) is 18.7. The molecule has 0 radical (unpaired) electrons. The van der Waals surface area contributed by atoms with Crippen molar-refractivity contribution in [1.82, 2.24) is 4.90 Å². The van der Waals surface area contributed by atoms with Gasteiger partial charge >= 0.3 is 5.97 Å². The first-order valence-electron chi connectivity index (χ1n) is 7.20. The van der Waals surface area contributed by atoms with Crippen molar-refractivity contribution in [2.45, 2.75) is 19.9 Å². The molecule has 0 unspecified atom stereocenters. The summed E-state index contributed by atoms with van der Waals surface area (Å²) in [5, 5.41) is -0.276. The van der Waals surface area contributed by atoms with Crippen molar-refractivity contribution in [3.8, 4) is 5.75 Å². The maximum absolute atomic E-state index is 12.3. The molecule has 0 saturated carbocycles. The van der Waals surface area contributed by atoms with Gasteiger partial charge in [-0.1, -0.05) is 0 Å². The van der Waals surface area contributed by atoms with Crippen LogP contribution < -0.4 is 4.74 Å². The van der Waals surface area contributed by atoms with E-state index in [2.05, 4.69) is 36.6 Å². The summed E-state index contributed by atoms with van der Waals surface area (Å²) < 4.78 is 11.1. The van der Waals surface area contributed by atoms with Gasteiger partial charge in [-0.25, -0.2) is 4.79 Å². The number of carbonyl (C=O) groups excluding carboxylic acids is 3. The Hall–Kier alpha value is -1.32. The summed E-state index contributed by atoms with van der Waals surface area (Å²) in [4.78, 5) is 37.0. The van der Waals surface area contributed by atoms with Gasteiger partial charge in [-0.2, -0.15) is 0 Å². The maximum atomic E-state index is 12.3. The maximum Gasteiger partial charge on any atom is 0.343 e. The number of ether oxygens (including phenoxy) is 2. The highest BCUT2D eigenvalue weighted by Gasteiger charge is 2.36. The Morgan fingerprint density at radius 1 is 1.28 bits per heavy atom. The Morgan fingerprint density at radius 3 is 2.36 bits per heavy atom. The zero-order valence-corrected chi connectivity index (χ0v) is 17.7. The van der Waals surface area contributed by atoms with Crippen molar-refractivity contribution in [2.24, 2.45) is 0 Å². The van der Waals surface area contributed by atoms with Crippen LogP contribution in [0.2, 0.25) is 0 Å². The minimum absolute atomic E-state index is 0.189. The lowest BCUT2D eigenvalue weighted by atomic mass is 10.2. The fraction of sp³-hybridized carbons (Fsp3) is 0.312. The standard InChI is InChI=1S/C16H15Br2NO5S/c1-8(2)19-15(21)12(25-16(19)22)6-9-4-10(17)14(11(18)5-9)24-7-13(20)23-3/h4-6,8H,7H2,1-3H3/b12-6+. The summed E-state index contributed by atoms with van der Waals surface area (Å²) in [6.07, 6.45) is 1.65. The van der Waals surface area contributed by atoms with Crippen LogP contribution in [0.25, 0.3) is 6.08 Å². The van der Waals surface area contributed by atoms with E-state index in [1.54, 1.807) is 32.1 Å². The van der Waals surface area contributed by atoms with E-state index in [1.165, 1.54) is 12.0 Å². The quantitative estimate of drug-likeness (QED) is 0.453. The summed E-state index contributed by atoms with van der Waals surface area (Å²) in [7, 11) is 1.28. The minimum atomic E-state index is -0.495. The van der Waals surface area contributed by atoms with E-state index in [0.717, 1.165) is 11.8 Å². The van der Waals surface area contributed by atoms with Crippen LogP contribution >= 0.6 is 43.6 Å². The number of rotatable bonds is 5. The Bertz CT molecular complexity index is 740. The number of hydrogen-bond donors (Lipinski definition) is 0. The van der Waals surface area contributed by atoms with Gasteiger partial charge in [0.1, 0.15) is 5.75 Å². The van der Waals surface area contributed by atoms with Gasteiger partial charge < -0.3 is 9.47 Å². The number of amides is 2. The SMILES string of the molecule is COC(=O)COc1c(Br)cc(/C=C2/SC(=O)N(C(C)C)C2=O)cc1Br. The van der Waals surface area contributed by atoms with E-state index in [9.17, 15) is 14.4 Å². The van der Waals surface area contributed by atoms with Crippen molar-refractivity contribution < 1.29 is 23.9 Å². The number of benzene rings is 1. The molecule has 2 rings (SSSR count). The fourth-order valence-electron chi connectivity index (χ4n) is 2.07. The van der Waals surface area contributed by atoms with E-state index < -0.39 is 5.97 Å². The van der Waals surface area contributed by atoms with Gasteiger partial charge in [0.15, 0.2) is 6.61 Å². The molecular weight excluding hydrogens is 478 g/mol. The first-order chi connectivity index (χ1) is 11.7. The molecule has 1 fully saturated rings. The lowest BCUT2D eigenvalue weighted by Crippen LogP contribution is -2.34. The van der Waals surface area contributed by atoms with Gasteiger partial charge in [-0.15, -0.1) is 0 Å². The van der Waals surface area contributed by atoms with E-state index in [4.69, 9.17) is 4.74 Å². The molecule has 0 aromatic heterocycles. The molecule has 1 saturated heterocycles. The molecule has 0 bridgehead atoms. The number of carbonyl (C=O) groups is 3. The van der Waals surface area contributed by atoms with E-state index in [-0.39, 0.29) is 23.8 Å². The highest BCUT2D eigenvalue weighted by Crippen LogP contribution is 2.38. The van der Waals surface area contributed by atoms with Crippen LogP contribution in [0.3, 0.4) is 0 Å². The summed E-state index contributed by atoms with van der Waals surface area (Å²) in [5.74, 6) is -0.355. The molecule has 134 valence electrons. The van der Waals surface area contributed by atoms with Crippen molar-refractivity contribution in [2.75, 3.05) is 13.7 Å². The molecule has 0 aliphatic carbocycles. The Morgan fingerprint density at radius 2 is 1.88 bits per heavy atom. The van der Waals surface area contributed by atoms with Gasteiger partial charge in [0, 0.05) is 6.04 Å². The Labute approximate surface area is 166 Å². The van der Waals surface area contributed by atoms with Gasteiger partial charge in [0.2, 0.25) is 0 Å². The topological polar surface area (TPSA) is 72.9 Å². The second kappa shape index (κ2) is 8.37. The predicted octanol–water partition coefficient (Wildman–Crippen LogP) is 4.21. The van der Waals surface area contributed by atoms with E-state index in [0.29, 0.717) is 25.2 Å². The Balaban J connectivity index is 2.26. The first-order valence-corrected chi connectivity index (χ1v) is 9.60. The summed E-state index contributed by atoms with van der Waals surface area (Å²) in [6.45, 7) is 3.36. The normalized spacial score (nSPS) is 16.1. The monoisotopic (exact) mass is 491 g/mol. The third-order valence-electron chi connectivity index (χ3n) is 3.22. The molecule has 1 aromatic carbocycles. The molecule has 0 N–H and O–H groups in total. The summed E-state index contributed by atoms with van der Waals surface area (Å²) in [5.41, 5.74) is 0.707. The molecule has 9 heteroatoms. The van der Waals surface area contributed by atoms with Crippen LogP contribution in [0.15, 0.2) is 26.0 Å². The summed E-state index contributed by atoms with van der Waals surface area (Å²) in [6, 6.07) is 3.28. The number of methoxy groups -OCH3 is 1. The van der Waals surface area contributed by atoms with Gasteiger partial charge in [-0.3, -0.25) is 14.5 Å². The highest BCUT2D eigenvalue weighted by atomic mass is 79.9. The Kier molecular flexibility index (Phi) is 6.70. The molecular formula is C16H15Br2NO5S. The second-order valence-corrected chi connectivity index (χ2v) is 8.03.